The molecule has 2 unspecified atom stereocenters. The van der Waals surface area contributed by atoms with Crippen molar-refractivity contribution in [3.05, 3.63) is 35.1 Å². The van der Waals surface area contributed by atoms with Gasteiger partial charge in [0.05, 0.1) is 0 Å². The van der Waals surface area contributed by atoms with Crippen molar-refractivity contribution in [1.82, 2.24) is 10.6 Å². The Hall–Kier alpha value is -1.27. The molecule has 0 aliphatic carbocycles. The zero-order valence-electron chi connectivity index (χ0n) is 10.9. The Morgan fingerprint density at radius 2 is 1.90 bits per heavy atom. The molecule has 7 heteroatoms. The first kappa shape index (κ1) is 16.8. The predicted molar refractivity (Wildman–Crippen MR) is 71.5 cm³/mol. The van der Waals surface area contributed by atoms with E-state index < -0.39 is 23.4 Å². The third kappa shape index (κ3) is 3.64. The number of hydrogen-bond acceptors (Lipinski definition) is 2. The molecule has 0 radical (unpaired) electrons. The lowest BCUT2D eigenvalue weighted by Crippen LogP contribution is -2.50. The molecule has 3 nitrogen and oxygen atoms in total. The Bertz CT molecular complexity index is 475. The van der Waals surface area contributed by atoms with E-state index in [4.69, 9.17) is 0 Å². The van der Waals surface area contributed by atoms with Crippen LogP contribution in [0.1, 0.15) is 23.7 Å². The molecule has 0 bridgehead atoms. The summed E-state index contributed by atoms with van der Waals surface area (Å²) in [5, 5.41) is 5.83. The number of hydrogen-bond donors (Lipinski definition) is 2. The van der Waals surface area contributed by atoms with E-state index in [1.807, 2.05) is 6.92 Å². The van der Waals surface area contributed by atoms with Gasteiger partial charge in [0.1, 0.15) is 0 Å². The van der Waals surface area contributed by atoms with Crippen molar-refractivity contribution >= 4 is 18.3 Å². The maximum absolute atomic E-state index is 13.0. The van der Waals surface area contributed by atoms with Crippen LogP contribution >= 0.6 is 12.4 Å². The Kier molecular flexibility index (Phi) is 5.83. The summed E-state index contributed by atoms with van der Waals surface area (Å²) in [6, 6.07) is 1.31. The van der Waals surface area contributed by atoms with Crippen molar-refractivity contribution in [3.63, 3.8) is 0 Å². The van der Waals surface area contributed by atoms with Crippen LogP contribution in [0.15, 0.2) is 12.1 Å². The molecule has 1 amide bonds. The van der Waals surface area contributed by atoms with Gasteiger partial charge in [-0.1, -0.05) is 6.92 Å². The number of nitrogens with one attached hydrogen (secondary N) is 2. The van der Waals surface area contributed by atoms with Crippen LogP contribution in [0.3, 0.4) is 0 Å². The van der Waals surface area contributed by atoms with Crippen molar-refractivity contribution < 1.29 is 18.0 Å². The molecule has 0 saturated carbocycles. The van der Waals surface area contributed by atoms with Gasteiger partial charge in [-0.2, -0.15) is 0 Å². The molecule has 1 aliphatic rings. The number of carbonyl (C=O) groups is 1. The van der Waals surface area contributed by atoms with Gasteiger partial charge in [0, 0.05) is 18.2 Å². The van der Waals surface area contributed by atoms with E-state index in [2.05, 4.69) is 10.6 Å². The van der Waals surface area contributed by atoms with Gasteiger partial charge in [-0.15, -0.1) is 12.4 Å². The molecular weight excluding hydrogens is 293 g/mol. The molecule has 0 aromatic heterocycles. The topological polar surface area (TPSA) is 41.1 Å². The molecule has 20 heavy (non-hydrogen) atoms. The van der Waals surface area contributed by atoms with Crippen LogP contribution in [0.2, 0.25) is 0 Å². The van der Waals surface area contributed by atoms with E-state index >= 15 is 0 Å². The maximum atomic E-state index is 13.0. The van der Waals surface area contributed by atoms with Crippen molar-refractivity contribution in [2.24, 2.45) is 5.92 Å². The van der Waals surface area contributed by atoms with Gasteiger partial charge in [-0.3, -0.25) is 4.79 Å². The van der Waals surface area contributed by atoms with Gasteiger partial charge in [-0.25, -0.2) is 13.2 Å². The van der Waals surface area contributed by atoms with Gasteiger partial charge < -0.3 is 10.6 Å². The van der Waals surface area contributed by atoms with Gasteiger partial charge in [0.15, 0.2) is 17.5 Å². The summed E-state index contributed by atoms with van der Waals surface area (Å²) in [7, 11) is 0. The minimum Gasteiger partial charge on any atom is -0.348 e. The summed E-state index contributed by atoms with van der Waals surface area (Å²) in [6.45, 7) is 3.49. The fourth-order valence-corrected chi connectivity index (χ4v) is 2.12. The van der Waals surface area contributed by atoms with Crippen LogP contribution in [-0.4, -0.2) is 25.0 Å². The molecule has 0 spiro atoms. The minimum atomic E-state index is -1.57. The van der Waals surface area contributed by atoms with E-state index in [1.54, 1.807) is 0 Å². The highest BCUT2D eigenvalue weighted by Gasteiger charge is 2.24. The summed E-state index contributed by atoms with van der Waals surface area (Å²) in [4.78, 5) is 11.9. The van der Waals surface area contributed by atoms with Crippen LogP contribution < -0.4 is 10.6 Å². The number of carbonyl (C=O) groups excluding carboxylic acids is 1. The Morgan fingerprint density at radius 3 is 2.45 bits per heavy atom. The SMILES string of the molecule is CC1CCNCC1NC(=O)c1cc(F)c(F)c(F)c1.Cl. The lowest BCUT2D eigenvalue weighted by molar-refractivity contribution is 0.0914. The van der Waals surface area contributed by atoms with Crippen LogP contribution in [0.4, 0.5) is 13.2 Å². The highest BCUT2D eigenvalue weighted by molar-refractivity contribution is 5.94. The van der Waals surface area contributed by atoms with E-state index in [1.165, 1.54) is 0 Å². The second kappa shape index (κ2) is 6.95. The lowest BCUT2D eigenvalue weighted by atomic mass is 9.94. The van der Waals surface area contributed by atoms with Crippen LogP contribution in [-0.2, 0) is 0 Å². The van der Waals surface area contributed by atoms with Crippen molar-refractivity contribution in [3.8, 4) is 0 Å². The fourth-order valence-electron chi connectivity index (χ4n) is 2.12. The zero-order chi connectivity index (χ0) is 14.0. The molecule has 1 aliphatic heterocycles. The average Bonchev–Trinajstić information content (AvgIpc) is 2.38. The van der Waals surface area contributed by atoms with Crippen molar-refractivity contribution in [1.29, 1.82) is 0 Å². The highest BCUT2D eigenvalue weighted by Crippen LogP contribution is 2.15. The molecule has 112 valence electrons. The molecule has 1 fully saturated rings. The Morgan fingerprint density at radius 1 is 1.30 bits per heavy atom. The summed E-state index contributed by atoms with van der Waals surface area (Å²) in [5.74, 6) is -4.61. The van der Waals surface area contributed by atoms with E-state index in [-0.39, 0.29) is 29.9 Å². The van der Waals surface area contributed by atoms with Gasteiger partial charge in [-0.05, 0) is 31.0 Å². The summed E-state index contributed by atoms with van der Waals surface area (Å²) in [6.07, 6.45) is 0.914. The molecule has 1 heterocycles. The quantitative estimate of drug-likeness (QED) is 0.823. The molecule has 1 aromatic rings. The monoisotopic (exact) mass is 308 g/mol. The average molecular weight is 309 g/mol. The molecule has 2 rings (SSSR count). The standard InChI is InChI=1S/C13H15F3N2O.ClH/c1-7-2-3-17-6-11(7)18-13(19)8-4-9(14)12(16)10(15)5-8;/h4-5,7,11,17H,2-3,6H2,1H3,(H,18,19);1H. The highest BCUT2D eigenvalue weighted by atomic mass is 35.5. The first-order valence-corrected chi connectivity index (χ1v) is 6.15. The number of amides is 1. The van der Waals surface area contributed by atoms with Gasteiger partial charge >= 0.3 is 0 Å². The molecule has 1 aromatic carbocycles. The molecule has 2 N–H and O–H groups in total. The number of halogens is 4. The van der Waals surface area contributed by atoms with Gasteiger partial charge in [0.25, 0.3) is 5.91 Å². The minimum absolute atomic E-state index is 0. The zero-order valence-corrected chi connectivity index (χ0v) is 11.7. The number of piperidine rings is 1. The molecular formula is C13H16ClF3N2O. The Labute approximate surface area is 121 Å². The van der Waals surface area contributed by atoms with Crippen molar-refractivity contribution in [2.45, 2.75) is 19.4 Å². The van der Waals surface area contributed by atoms with E-state index in [0.29, 0.717) is 18.7 Å². The predicted octanol–water partition coefficient (Wildman–Crippen LogP) is 2.25. The smallest absolute Gasteiger partial charge is 0.251 e. The largest absolute Gasteiger partial charge is 0.348 e. The Balaban J connectivity index is 0.00000200. The summed E-state index contributed by atoms with van der Waals surface area (Å²) in [5.41, 5.74) is -0.214. The first-order valence-electron chi connectivity index (χ1n) is 6.15. The third-order valence-electron chi connectivity index (χ3n) is 3.39. The second-order valence-corrected chi connectivity index (χ2v) is 4.80. The normalized spacial score (nSPS) is 22.0. The number of rotatable bonds is 2. The first-order chi connectivity index (χ1) is 8.99. The van der Waals surface area contributed by atoms with Crippen molar-refractivity contribution in [2.75, 3.05) is 13.1 Å². The molecule has 2 atom stereocenters. The van der Waals surface area contributed by atoms with Crippen LogP contribution in [0, 0.1) is 23.4 Å². The second-order valence-electron chi connectivity index (χ2n) is 4.80. The maximum Gasteiger partial charge on any atom is 0.251 e. The van der Waals surface area contributed by atoms with Gasteiger partial charge in [0.2, 0.25) is 0 Å². The van der Waals surface area contributed by atoms with Crippen LogP contribution in [0.5, 0.6) is 0 Å². The summed E-state index contributed by atoms with van der Waals surface area (Å²) < 4.78 is 38.9. The van der Waals surface area contributed by atoms with E-state index in [0.717, 1.165) is 13.0 Å². The lowest BCUT2D eigenvalue weighted by Gasteiger charge is -2.30. The fraction of sp³-hybridized carbons (Fsp3) is 0.462. The number of benzene rings is 1. The van der Waals surface area contributed by atoms with Crippen LogP contribution in [0.25, 0.3) is 0 Å². The third-order valence-corrected chi connectivity index (χ3v) is 3.39. The molecule has 1 saturated heterocycles. The summed E-state index contributed by atoms with van der Waals surface area (Å²) >= 11 is 0. The van der Waals surface area contributed by atoms with E-state index in [9.17, 15) is 18.0 Å².